The molecule has 0 aliphatic rings. The SMILES string of the molecule is NS(=O)(=O)c1ccc(Cl)c(NC(=O)Cc2cccs2)c1. The van der Waals surface area contributed by atoms with Crippen LogP contribution < -0.4 is 10.5 Å². The molecular formula is C12H11ClN2O3S2. The Morgan fingerprint density at radius 1 is 1.35 bits per heavy atom. The normalized spacial score (nSPS) is 11.3. The maximum absolute atomic E-state index is 11.8. The lowest BCUT2D eigenvalue weighted by molar-refractivity contribution is -0.115. The van der Waals surface area contributed by atoms with Crippen molar-refractivity contribution in [1.29, 1.82) is 0 Å². The van der Waals surface area contributed by atoms with Crippen LogP contribution in [0.4, 0.5) is 5.69 Å². The van der Waals surface area contributed by atoms with Crippen LogP contribution >= 0.6 is 22.9 Å². The number of rotatable bonds is 4. The van der Waals surface area contributed by atoms with Crippen LogP contribution in [-0.4, -0.2) is 14.3 Å². The number of nitrogens with one attached hydrogen (secondary N) is 1. The van der Waals surface area contributed by atoms with Gasteiger partial charge in [0, 0.05) is 4.88 Å². The van der Waals surface area contributed by atoms with Gasteiger partial charge in [0.05, 0.1) is 22.0 Å². The Morgan fingerprint density at radius 2 is 2.10 bits per heavy atom. The number of hydrogen-bond acceptors (Lipinski definition) is 4. The number of halogens is 1. The summed E-state index contributed by atoms with van der Waals surface area (Å²) in [4.78, 5) is 12.6. The third-order valence-corrected chi connectivity index (χ3v) is 4.57. The molecule has 0 unspecified atom stereocenters. The van der Waals surface area contributed by atoms with Crippen LogP contribution in [0.5, 0.6) is 0 Å². The second-order valence-corrected chi connectivity index (χ2v) is 6.99. The van der Waals surface area contributed by atoms with Gasteiger partial charge in [0.15, 0.2) is 0 Å². The first-order valence-corrected chi connectivity index (χ1v) is 8.31. The van der Waals surface area contributed by atoms with Gasteiger partial charge >= 0.3 is 0 Å². The summed E-state index contributed by atoms with van der Waals surface area (Å²) in [5.41, 5.74) is 0.222. The molecule has 0 fully saturated rings. The van der Waals surface area contributed by atoms with E-state index in [9.17, 15) is 13.2 Å². The third-order valence-electron chi connectivity index (χ3n) is 2.46. The van der Waals surface area contributed by atoms with Crippen LogP contribution in [0.25, 0.3) is 0 Å². The van der Waals surface area contributed by atoms with Crippen molar-refractivity contribution in [3.05, 3.63) is 45.6 Å². The van der Waals surface area contributed by atoms with Gasteiger partial charge in [0.25, 0.3) is 0 Å². The summed E-state index contributed by atoms with van der Waals surface area (Å²) in [6.07, 6.45) is 0.202. The molecule has 0 saturated heterocycles. The van der Waals surface area contributed by atoms with Gasteiger partial charge in [-0.05, 0) is 29.6 Å². The molecule has 0 bridgehead atoms. The van der Waals surface area contributed by atoms with Crippen LogP contribution in [0.1, 0.15) is 4.88 Å². The Labute approximate surface area is 125 Å². The molecule has 0 aliphatic heterocycles. The number of anilines is 1. The molecule has 0 radical (unpaired) electrons. The maximum Gasteiger partial charge on any atom is 0.238 e. The number of sulfonamides is 1. The van der Waals surface area contributed by atoms with E-state index in [1.54, 1.807) is 0 Å². The number of carbonyl (C=O) groups is 1. The minimum atomic E-state index is -3.84. The van der Waals surface area contributed by atoms with Crippen molar-refractivity contribution < 1.29 is 13.2 Å². The zero-order valence-electron chi connectivity index (χ0n) is 10.2. The van der Waals surface area contributed by atoms with Gasteiger partial charge in [-0.1, -0.05) is 17.7 Å². The molecular weight excluding hydrogens is 320 g/mol. The molecule has 5 nitrogen and oxygen atoms in total. The number of thiophene rings is 1. The van der Waals surface area contributed by atoms with Crippen LogP contribution in [0, 0.1) is 0 Å². The van der Waals surface area contributed by atoms with E-state index in [1.807, 2.05) is 17.5 Å². The van der Waals surface area contributed by atoms with Gasteiger partial charge in [0.1, 0.15) is 0 Å². The summed E-state index contributed by atoms with van der Waals surface area (Å²) in [5.74, 6) is -0.277. The number of benzene rings is 1. The molecule has 1 heterocycles. The molecule has 2 aromatic rings. The zero-order chi connectivity index (χ0) is 14.8. The average molecular weight is 331 g/mol. The zero-order valence-corrected chi connectivity index (χ0v) is 12.6. The summed E-state index contributed by atoms with van der Waals surface area (Å²) in [6, 6.07) is 7.59. The fraction of sp³-hybridized carbons (Fsp3) is 0.0833. The molecule has 0 saturated carbocycles. The monoisotopic (exact) mass is 330 g/mol. The standard InChI is InChI=1S/C12H11ClN2O3S2/c13-10-4-3-9(20(14,17)18)7-11(10)15-12(16)6-8-2-1-5-19-8/h1-5,7H,6H2,(H,15,16)(H2,14,17,18). The topological polar surface area (TPSA) is 89.3 Å². The molecule has 106 valence electrons. The van der Waals surface area contributed by atoms with Crippen molar-refractivity contribution in [2.24, 2.45) is 5.14 Å². The van der Waals surface area contributed by atoms with Crippen LogP contribution in [0.2, 0.25) is 5.02 Å². The molecule has 2 rings (SSSR count). The van der Waals surface area contributed by atoms with Gasteiger partial charge in [-0.15, -0.1) is 11.3 Å². The Hall–Kier alpha value is -1.41. The van der Waals surface area contributed by atoms with Crippen LogP contribution in [-0.2, 0) is 21.2 Å². The molecule has 1 amide bonds. The summed E-state index contributed by atoms with van der Waals surface area (Å²) < 4.78 is 22.5. The van der Waals surface area contributed by atoms with Gasteiger partial charge in [-0.2, -0.15) is 0 Å². The average Bonchev–Trinajstić information content (AvgIpc) is 2.83. The number of primary sulfonamides is 1. The second kappa shape index (κ2) is 5.92. The number of amides is 1. The van der Waals surface area contributed by atoms with Crippen molar-refractivity contribution in [3.63, 3.8) is 0 Å². The molecule has 0 aliphatic carbocycles. The number of hydrogen-bond donors (Lipinski definition) is 2. The van der Waals surface area contributed by atoms with Crippen molar-refractivity contribution in [1.82, 2.24) is 0 Å². The maximum atomic E-state index is 11.8. The molecule has 1 aromatic carbocycles. The Kier molecular flexibility index (Phi) is 4.44. The largest absolute Gasteiger partial charge is 0.324 e. The highest BCUT2D eigenvalue weighted by Crippen LogP contribution is 2.25. The van der Waals surface area contributed by atoms with Crippen LogP contribution in [0.3, 0.4) is 0 Å². The second-order valence-electron chi connectivity index (χ2n) is 3.99. The van der Waals surface area contributed by atoms with Gasteiger partial charge in [-0.25, -0.2) is 13.6 Å². The first kappa shape index (κ1) is 15.0. The van der Waals surface area contributed by atoms with Gasteiger partial charge in [-0.3, -0.25) is 4.79 Å². The minimum absolute atomic E-state index is 0.103. The summed E-state index contributed by atoms with van der Waals surface area (Å²) in [5, 5.41) is 9.73. The first-order chi connectivity index (χ1) is 9.36. The molecule has 1 aromatic heterocycles. The Morgan fingerprint density at radius 3 is 2.70 bits per heavy atom. The lowest BCUT2D eigenvalue weighted by Gasteiger charge is -2.08. The van der Waals surface area contributed by atoms with E-state index in [4.69, 9.17) is 16.7 Å². The van der Waals surface area contributed by atoms with E-state index in [0.717, 1.165) is 4.88 Å². The fourth-order valence-electron chi connectivity index (χ4n) is 1.54. The molecule has 3 N–H and O–H groups in total. The number of nitrogens with two attached hydrogens (primary N) is 1. The van der Waals surface area contributed by atoms with Gasteiger partial charge < -0.3 is 5.32 Å². The predicted octanol–water partition coefficient (Wildman–Crippen LogP) is 2.23. The number of carbonyl (C=O) groups excluding carboxylic acids is 1. The van der Waals surface area contributed by atoms with E-state index in [1.165, 1.54) is 29.5 Å². The van der Waals surface area contributed by atoms with E-state index in [0.29, 0.717) is 0 Å². The van der Waals surface area contributed by atoms with E-state index >= 15 is 0 Å². The van der Waals surface area contributed by atoms with Crippen molar-refractivity contribution in [2.45, 2.75) is 11.3 Å². The van der Waals surface area contributed by atoms with Gasteiger partial charge in [0.2, 0.25) is 15.9 Å². The summed E-state index contributed by atoms with van der Waals surface area (Å²) >= 11 is 7.39. The third kappa shape index (κ3) is 3.80. The van der Waals surface area contributed by atoms with Crippen molar-refractivity contribution in [3.8, 4) is 0 Å². The highest BCUT2D eigenvalue weighted by atomic mass is 35.5. The quantitative estimate of drug-likeness (QED) is 0.900. The predicted molar refractivity (Wildman–Crippen MR) is 79.5 cm³/mol. The lowest BCUT2D eigenvalue weighted by atomic mass is 10.3. The summed E-state index contributed by atoms with van der Waals surface area (Å²) in [6.45, 7) is 0. The molecule has 8 heteroatoms. The van der Waals surface area contributed by atoms with Crippen molar-refractivity contribution >= 4 is 44.6 Å². The van der Waals surface area contributed by atoms with Crippen molar-refractivity contribution in [2.75, 3.05) is 5.32 Å². The fourth-order valence-corrected chi connectivity index (χ4v) is 2.95. The Balaban J connectivity index is 2.18. The van der Waals surface area contributed by atoms with Crippen LogP contribution in [0.15, 0.2) is 40.6 Å². The molecule has 0 spiro atoms. The van der Waals surface area contributed by atoms with E-state index in [2.05, 4.69) is 5.32 Å². The minimum Gasteiger partial charge on any atom is -0.324 e. The van der Waals surface area contributed by atoms with E-state index < -0.39 is 10.0 Å². The lowest BCUT2D eigenvalue weighted by Crippen LogP contribution is -2.16. The smallest absolute Gasteiger partial charge is 0.238 e. The molecule has 0 atom stereocenters. The van der Waals surface area contributed by atoms with E-state index in [-0.39, 0.29) is 27.9 Å². The summed E-state index contributed by atoms with van der Waals surface area (Å²) in [7, 11) is -3.84. The molecule has 20 heavy (non-hydrogen) atoms. The highest BCUT2D eigenvalue weighted by Gasteiger charge is 2.13. The Bertz CT molecular complexity index is 727. The highest BCUT2D eigenvalue weighted by molar-refractivity contribution is 7.89. The first-order valence-electron chi connectivity index (χ1n) is 5.51.